The first kappa shape index (κ1) is 8.21. The molecule has 0 amide bonds. The van der Waals surface area contributed by atoms with Crippen LogP contribution in [0.4, 0.5) is 0 Å². The van der Waals surface area contributed by atoms with Gasteiger partial charge in [0, 0.05) is 30.5 Å². The van der Waals surface area contributed by atoms with E-state index in [9.17, 15) is 0 Å². The molecule has 3 rings (SSSR count). The van der Waals surface area contributed by atoms with Crippen molar-refractivity contribution in [1.29, 1.82) is 0 Å². The minimum absolute atomic E-state index is 0.751. The fraction of sp³-hybridized carbons (Fsp3) is 1.00. The lowest BCUT2D eigenvalue weighted by Gasteiger charge is -2.14. The zero-order chi connectivity index (χ0) is 8.84. The van der Waals surface area contributed by atoms with Gasteiger partial charge in [-0.1, -0.05) is 0 Å². The molecule has 3 heteroatoms. The van der Waals surface area contributed by atoms with Gasteiger partial charge in [-0.2, -0.15) is 0 Å². The molecular weight excluding hydrogens is 164 g/mol. The molecule has 2 heterocycles. The van der Waals surface area contributed by atoms with Gasteiger partial charge in [-0.15, -0.1) is 0 Å². The van der Waals surface area contributed by atoms with Crippen LogP contribution in [0.5, 0.6) is 0 Å². The van der Waals surface area contributed by atoms with E-state index in [0.29, 0.717) is 0 Å². The second-order valence-corrected chi connectivity index (χ2v) is 4.81. The molecule has 3 aliphatic rings. The van der Waals surface area contributed by atoms with Crippen molar-refractivity contribution in [1.82, 2.24) is 10.2 Å². The molecular formula is C10H18N2O. The number of fused-ring (bicyclic) bond motifs is 1. The van der Waals surface area contributed by atoms with Gasteiger partial charge >= 0.3 is 0 Å². The van der Waals surface area contributed by atoms with Crippen molar-refractivity contribution in [3.8, 4) is 0 Å². The van der Waals surface area contributed by atoms with Gasteiger partial charge in [0.15, 0.2) is 0 Å². The van der Waals surface area contributed by atoms with E-state index in [2.05, 4.69) is 17.3 Å². The number of nitrogens with one attached hydrogen (secondary N) is 1. The SMILES string of the molecule is CN1CC[C@@H](NC2C3COCC32)C1. The van der Waals surface area contributed by atoms with Crippen molar-refractivity contribution in [2.45, 2.75) is 18.5 Å². The van der Waals surface area contributed by atoms with E-state index >= 15 is 0 Å². The van der Waals surface area contributed by atoms with Crippen molar-refractivity contribution in [2.24, 2.45) is 11.8 Å². The van der Waals surface area contributed by atoms with Gasteiger partial charge in [-0.3, -0.25) is 0 Å². The van der Waals surface area contributed by atoms with Gasteiger partial charge < -0.3 is 15.0 Å². The number of rotatable bonds is 2. The summed E-state index contributed by atoms with van der Waals surface area (Å²) in [6.45, 7) is 4.50. The summed E-state index contributed by atoms with van der Waals surface area (Å²) >= 11 is 0. The molecule has 74 valence electrons. The Kier molecular flexibility index (Phi) is 1.86. The lowest BCUT2D eigenvalue weighted by atomic mass is 10.2. The van der Waals surface area contributed by atoms with E-state index in [1.807, 2.05) is 0 Å². The summed E-state index contributed by atoms with van der Waals surface area (Å²) in [5.41, 5.74) is 0. The molecule has 1 saturated carbocycles. The third kappa shape index (κ3) is 1.39. The Morgan fingerprint density at radius 1 is 1.31 bits per heavy atom. The van der Waals surface area contributed by atoms with E-state index in [0.717, 1.165) is 37.1 Å². The smallest absolute Gasteiger partial charge is 0.0513 e. The Bertz CT molecular complexity index is 199. The monoisotopic (exact) mass is 182 g/mol. The average molecular weight is 182 g/mol. The maximum atomic E-state index is 5.37. The summed E-state index contributed by atoms with van der Waals surface area (Å²) in [6.07, 6.45) is 1.33. The third-order valence-electron chi connectivity index (χ3n) is 3.77. The Balaban J connectivity index is 1.49. The van der Waals surface area contributed by atoms with E-state index in [1.165, 1.54) is 19.5 Å². The molecule has 2 saturated heterocycles. The molecule has 0 aromatic heterocycles. The van der Waals surface area contributed by atoms with Gasteiger partial charge in [-0.25, -0.2) is 0 Å². The first-order chi connectivity index (χ1) is 6.34. The van der Waals surface area contributed by atoms with Gasteiger partial charge in [0.05, 0.1) is 13.2 Å². The minimum atomic E-state index is 0.751. The number of hydrogen-bond acceptors (Lipinski definition) is 3. The van der Waals surface area contributed by atoms with Crippen molar-refractivity contribution >= 4 is 0 Å². The summed E-state index contributed by atoms with van der Waals surface area (Å²) in [5.74, 6) is 1.71. The molecule has 3 fully saturated rings. The zero-order valence-electron chi connectivity index (χ0n) is 8.20. The van der Waals surface area contributed by atoms with E-state index < -0.39 is 0 Å². The average Bonchev–Trinajstić information content (AvgIpc) is 2.58. The van der Waals surface area contributed by atoms with Crippen molar-refractivity contribution in [2.75, 3.05) is 33.4 Å². The normalized spacial score (nSPS) is 49.6. The fourth-order valence-electron chi connectivity index (χ4n) is 2.83. The maximum Gasteiger partial charge on any atom is 0.0513 e. The highest BCUT2D eigenvalue weighted by molar-refractivity contribution is 5.07. The predicted octanol–water partition coefficient (Wildman–Crippen LogP) is -0.0751. The minimum Gasteiger partial charge on any atom is -0.381 e. The Labute approximate surface area is 79.4 Å². The molecule has 13 heavy (non-hydrogen) atoms. The lowest BCUT2D eigenvalue weighted by molar-refractivity contribution is 0.154. The predicted molar refractivity (Wildman–Crippen MR) is 50.6 cm³/mol. The first-order valence-electron chi connectivity index (χ1n) is 5.37. The van der Waals surface area contributed by atoms with Crippen molar-refractivity contribution in [3.05, 3.63) is 0 Å². The first-order valence-corrected chi connectivity index (χ1v) is 5.37. The van der Waals surface area contributed by atoms with E-state index in [1.54, 1.807) is 0 Å². The summed E-state index contributed by atoms with van der Waals surface area (Å²) in [7, 11) is 2.21. The van der Waals surface area contributed by atoms with E-state index in [4.69, 9.17) is 4.74 Å². The third-order valence-corrected chi connectivity index (χ3v) is 3.77. The van der Waals surface area contributed by atoms with Crippen LogP contribution in [0.1, 0.15) is 6.42 Å². The highest BCUT2D eigenvalue weighted by Gasteiger charge is 2.54. The largest absolute Gasteiger partial charge is 0.381 e. The van der Waals surface area contributed by atoms with Crippen molar-refractivity contribution < 1.29 is 4.74 Å². The number of nitrogens with zero attached hydrogens (tertiary/aromatic N) is 1. The molecule has 3 atom stereocenters. The number of likely N-dealkylation sites (N-methyl/N-ethyl adjacent to an activating group) is 1. The van der Waals surface area contributed by atoms with Gasteiger partial charge in [0.25, 0.3) is 0 Å². The van der Waals surface area contributed by atoms with Crippen LogP contribution in [0.15, 0.2) is 0 Å². The number of hydrogen-bond donors (Lipinski definition) is 1. The second-order valence-electron chi connectivity index (χ2n) is 4.81. The molecule has 0 spiro atoms. The van der Waals surface area contributed by atoms with Crippen LogP contribution in [0.3, 0.4) is 0 Å². The Morgan fingerprint density at radius 2 is 2.08 bits per heavy atom. The standard InChI is InChI=1S/C10H18N2O/c1-12-3-2-7(4-12)11-10-8-5-13-6-9(8)10/h7-11H,2-6H2,1H3/t7-,8?,9?,10?/m1/s1. The fourth-order valence-corrected chi connectivity index (χ4v) is 2.83. The second kappa shape index (κ2) is 2.94. The Hall–Kier alpha value is -0.120. The van der Waals surface area contributed by atoms with Crippen LogP contribution in [0, 0.1) is 11.8 Å². The van der Waals surface area contributed by atoms with Crippen LogP contribution >= 0.6 is 0 Å². The van der Waals surface area contributed by atoms with Crippen LogP contribution < -0.4 is 5.32 Å². The van der Waals surface area contributed by atoms with Crippen LogP contribution in [-0.2, 0) is 4.74 Å². The van der Waals surface area contributed by atoms with Crippen LogP contribution in [-0.4, -0.2) is 50.3 Å². The summed E-state index contributed by atoms with van der Waals surface area (Å²) < 4.78 is 5.37. The summed E-state index contributed by atoms with van der Waals surface area (Å²) in [6, 6.07) is 1.55. The van der Waals surface area contributed by atoms with Crippen LogP contribution in [0.25, 0.3) is 0 Å². The molecule has 3 nitrogen and oxygen atoms in total. The quantitative estimate of drug-likeness (QED) is 0.647. The van der Waals surface area contributed by atoms with E-state index in [-0.39, 0.29) is 0 Å². The Morgan fingerprint density at radius 3 is 2.69 bits per heavy atom. The highest BCUT2D eigenvalue weighted by atomic mass is 16.5. The number of ether oxygens (including phenoxy) is 1. The van der Waals surface area contributed by atoms with Gasteiger partial charge in [-0.05, 0) is 20.0 Å². The molecule has 1 N–H and O–H groups in total. The number of likely N-dealkylation sites (tertiary alicyclic amines) is 1. The zero-order valence-corrected chi connectivity index (χ0v) is 8.20. The van der Waals surface area contributed by atoms with Crippen molar-refractivity contribution in [3.63, 3.8) is 0 Å². The highest BCUT2D eigenvalue weighted by Crippen LogP contribution is 2.44. The summed E-state index contributed by atoms with van der Waals surface area (Å²) in [5, 5.41) is 3.76. The van der Waals surface area contributed by atoms with Gasteiger partial charge in [0.2, 0.25) is 0 Å². The molecule has 1 aliphatic carbocycles. The molecule has 0 aromatic rings. The topological polar surface area (TPSA) is 24.5 Å². The maximum absolute atomic E-state index is 5.37. The molecule has 0 radical (unpaired) electrons. The molecule has 0 bridgehead atoms. The molecule has 2 unspecified atom stereocenters. The van der Waals surface area contributed by atoms with Gasteiger partial charge in [0.1, 0.15) is 0 Å². The van der Waals surface area contributed by atoms with Crippen LogP contribution in [0.2, 0.25) is 0 Å². The summed E-state index contributed by atoms with van der Waals surface area (Å²) in [4.78, 5) is 2.41. The molecule has 0 aromatic carbocycles. The molecule has 2 aliphatic heterocycles. The lowest BCUT2D eigenvalue weighted by Crippen LogP contribution is -2.35.